The van der Waals surface area contributed by atoms with Crippen molar-refractivity contribution in [1.82, 2.24) is 4.90 Å². The quantitative estimate of drug-likeness (QED) is 0.538. The van der Waals surface area contributed by atoms with Gasteiger partial charge in [-0.05, 0) is 47.7 Å². The summed E-state index contributed by atoms with van der Waals surface area (Å²) in [7, 11) is 1.70. The molecule has 1 atom stereocenters. The van der Waals surface area contributed by atoms with Crippen LogP contribution in [0.4, 0.5) is 10.1 Å². The Morgan fingerprint density at radius 1 is 1.10 bits per heavy atom. The second kappa shape index (κ2) is 11.2. The van der Waals surface area contributed by atoms with Gasteiger partial charge in [0.2, 0.25) is 0 Å². The monoisotopic (exact) mass is 472 g/mol. The summed E-state index contributed by atoms with van der Waals surface area (Å²) in [6.45, 7) is 4.59. The van der Waals surface area contributed by atoms with Crippen molar-refractivity contribution >= 4 is 51.9 Å². The first-order valence-corrected chi connectivity index (χ1v) is 10.5. The predicted octanol–water partition coefficient (Wildman–Crippen LogP) is 5.14. The molecule has 164 valence electrons. The van der Waals surface area contributed by atoms with E-state index in [-0.39, 0.29) is 30.6 Å². The maximum absolute atomic E-state index is 13.6. The number of para-hydroxylation sites is 2. The van der Waals surface area contributed by atoms with Gasteiger partial charge in [0.15, 0.2) is 0 Å². The first-order valence-electron chi connectivity index (χ1n) is 9.61. The van der Waals surface area contributed by atoms with E-state index in [4.69, 9.17) is 4.74 Å². The van der Waals surface area contributed by atoms with Crippen molar-refractivity contribution in [2.24, 2.45) is 0 Å². The maximum atomic E-state index is 13.6. The number of aliphatic hydroxyl groups excluding tert-OH is 1. The highest BCUT2D eigenvalue weighted by Gasteiger charge is 2.21. The van der Waals surface area contributed by atoms with E-state index < -0.39 is 6.10 Å². The van der Waals surface area contributed by atoms with Crippen LogP contribution in [0.25, 0.3) is 10.1 Å². The molecule has 1 saturated heterocycles. The highest BCUT2D eigenvalue weighted by Crippen LogP contribution is 2.33. The van der Waals surface area contributed by atoms with E-state index in [0.717, 1.165) is 59.8 Å². The summed E-state index contributed by atoms with van der Waals surface area (Å²) in [5, 5.41) is 13.4. The van der Waals surface area contributed by atoms with Gasteiger partial charge >= 0.3 is 0 Å². The third-order valence-electron chi connectivity index (χ3n) is 5.44. The topological polar surface area (TPSA) is 35.9 Å². The first kappa shape index (κ1) is 24.7. The number of rotatable bonds is 6. The molecule has 1 N–H and O–H groups in total. The SMILES string of the molecule is COc1ccccc1N1CCN(CCC(O)c2csc3ccc(F)cc23)CC1.Cl.Cl. The first-order chi connectivity index (χ1) is 13.7. The molecule has 0 radical (unpaired) electrons. The molecule has 1 unspecified atom stereocenters. The zero-order valence-electron chi connectivity index (χ0n) is 16.8. The average Bonchev–Trinajstić information content (AvgIpc) is 3.15. The van der Waals surface area contributed by atoms with Crippen molar-refractivity contribution in [2.75, 3.05) is 44.7 Å². The number of methoxy groups -OCH3 is 1. The standard InChI is InChI=1S/C22H25FN2O2S.2ClH/c1-27-21-5-3-2-4-19(21)25-12-10-24(11-13-25)9-8-20(26)18-15-28-22-7-6-16(23)14-17(18)22;;/h2-7,14-15,20,26H,8-13H2,1H3;2*1H. The third-order valence-corrected chi connectivity index (χ3v) is 6.42. The Labute approximate surface area is 193 Å². The molecule has 2 heterocycles. The van der Waals surface area contributed by atoms with Gasteiger partial charge in [-0.2, -0.15) is 0 Å². The summed E-state index contributed by atoms with van der Waals surface area (Å²) in [6.07, 6.45) is 0.0830. The molecule has 3 aromatic rings. The molecule has 0 aliphatic carbocycles. The van der Waals surface area contributed by atoms with Crippen LogP contribution in [0, 0.1) is 5.82 Å². The smallest absolute Gasteiger partial charge is 0.142 e. The van der Waals surface area contributed by atoms with Crippen molar-refractivity contribution in [3.05, 3.63) is 59.2 Å². The second-order valence-corrected chi connectivity index (χ2v) is 8.05. The van der Waals surface area contributed by atoms with Crippen LogP contribution in [0.1, 0.15) is 18.1 Å². The van der Waals surface area contributed by atoms with Crippen molar-refractivity contribution < 1.29 is 14.2 Å². The zero-order valence-corrected chi connectivity index (χ0v) is 19.2. The van der Waals surface area contributed by atoms with E-state index in [1.165, 1.54) is 12.1 Å². The Morgan fingerprint density at radius 3 is 2.57 bits per heavy atom. The van der Waals surface area contributed by atoms with E-state index in [1.54, 1.807) is 24.5 Å². The number of anilines is 1. The molecule has 0 saturated carbocycles. The van der Waals surface area contributed by atoms with Gasteiger partial charge in [0.05, 0.1) is 18.9 Å². The number of halogens is 3. The molecular formula is C22H27Cl2FN2O2S. The Kier molecular flexibility index (Phi) is 9.19. The number of thiophene rings is 1. The lowest BCUT2D eigenvalue weighted by molar-refractivity contribution is 0.141. The van der Waals surface area contributed by atoms with Crippen LogP contribution in [0.15, 0.2) is 47.8 Å². The minimum atomic E-state index is -0.567. The third kappa shape index (κ3) is 5.37. The van der Waals surface area contributed by atoms with Gasteiger partial charge in [0.1, 0.15) is 11.6 Å². The average molecular weight is 473 g/mol. The van der Waals surface area contributed by atoms with E-state index in [0.29, 0.717) is 6.42 Å². The van der Waals surface area contributed by atoms with Gasteiger partial charge in [-0.3, -0.25) is 4.90 Å². The molecular weight excluding hydrogens is 446 g/mol. The summed E-state index contributed by atoms with van der Waals surface area (Å²) in [5.74, 6) is 0.648. The van der Waals surface area contributed by atoms with Crippen molar-refractivity contribution in [1.29, 1.82) is 0 Å². The number of aliphatic hydroxyl groups is 1. The number of nitrogens with zero attached hydrogens (tertiary/aromatic N) is 2. The molecule has 4 nitrogen and oxygen atoms in total. The van der Waals surface area contributed by atoms with Gasteiger partial charge < -0.3 is 14.7 Å². The number of ether oxygens (including phenoxy) is 1. The molecule has 0 amide bonds. The van der Waals surface area contributed by atoms with Gasteiger partial charge in [0.25, 0.3) is 0 Å². The van der Waals surface area contributed by atoms with Gasteiger partial charge in [0, 0.05) is 42.8 Å². The highest BCUT2D eigenvalue weighted by atomic mass is 35.5. The van der Waals surface area contributed by atoms with Crippen molar-refractivity contribution in [3.63, 3.8) is 0 Å². The van der Waals surface area contributed by atoms with Crippen LogP contribution >= 0.6 is 36.2 Å². The molecule has 0 bridgehead atoms. The van der Waals surface area contributed by atoms with Crippen LogP contribution in [-0.2, 0) is 0 Å². The Morgan fingerprint density at radius 2 is 1.83 bits per heavy atom. The zero-order chi connectivity index (χ0) is 19.5. The van der Waals surface area contributed by atoms with Crippen LogP contribution in [0.5, 0.6) is 5.75 Å². The lowest BCUT2D eigenvalue weighted by atomic mass is 10.0. The van der Waals surface area contributed by atoms with Crippen LogP contribution in [-0.4, -0.2) is 49.8 Å². The van der Waals surface area contributed by atoms with Crippen LogP contribution in [0.3, 0.4) is 0 Å². The molecule has 0 spiro atoms. The van der Waals surface area contributed by atoms with Gasteiger partial charge in [-0.15, -0.1) is 36.2 Å². The number of hydrogen-bond acceptors (Lipinski definition) is 5. The van der Waals surface area contributed by atoms with Gasteiger partial charge in [-0.25, -0.2) is 4.39 Å². The Bertz CT molecular complexity index is 948. The summed E-state index contributed by atoms with van der Waals surface area (Å²) in [5.41, 5.74) is 1.98. The highest BCUT2D eigenvalue weighted by molar-refractivity contribution is 7.17. The summed E-state index contributed by atoms with van der Waals surface area (Å²) in [6, 6.07) is 12.9. The number of benzene rings is 2. The fourth-order valence-corrected chi connectivity index (χ4v) is 4.83. The summed E-state index contributed by atoms with van der Waals surface area (Å²) >= 11 is 1.55. The largest absolute Gasteiger partial charge is 0.495 e. The fraction of sp³-hybridized carbons (Fsp3) is 0.364. The molecule has 1 aliphatic rings. The molecule has 1 fully saturated rings. The molecule has 30 heavy (non-hydrogen) atoms. The molecule has 4 rings (SSSR count). The lowest BCUT2D eigenvalue weighted by Crippen LogP contribution is -2.46. The molecule has 2 aromatic carbocycles. The second-order valence-electron chi connectivity index (χ2n) is 7.14. The summed E-state index contributed by atoms with van der Waals surface area (Å²) in [4.78, 5) is 4.73. The number of piperazine rings is 1. The molecule has 1 aromatic heterocycles. The van der Waals surface area contributed by atoms with E-state index in [9.17, 15) is 9.50 Å². The van der Waals surface area contributed by atoms with E-state index >= 15 is 0 Å². The Balaban J connectivity index is 0.00000160. The van der Waals surface area contributed by atoms with E-state index in [1.807, 2.05) is 23.6 Å². The van der Waals surface area contributed by atoms with E-state index in [2.05, 4.69) is 15.9 Å². The fourth-order valence-electron chi connectivity index (χ4n) is 3.84. The minimum Gasteiger partial charge on any atom is -0.495 e. The lowest BCUT2D eigenvalue weighted by Gasteiger charge is -2.36. The van der Waals surface area contributed by atoms with Gasteiger partial charge in [-0.1, -0.05) is 12.1 Å². The maximum Gasteiger partial charge on any atom is 0.142 e. The van der Waals surface area contributed by atoms with Crippen LogP contribution < -0.4 is 9.64 Å². The van der Waals surface area contributed by atoms with Crippen molar-refractivity contribution in [2.45, 2.75) is 12.5 Å². The number of hydrogen-bond donors (Lipinski definition) is 1. The van der Waals surface area contributed by atoms with Crippen LogP contribution in [0.2, 0.25) is 0 Å². The molecule has 8 heteroatoms. The normalized spacial score (nSPS) is 15.4. The van der Waals surface area contributed by atoms with Crippen molar-refractivity contribution in [3.8, 4) is 5.75 Å². The minimum absolute atomic E-state index is 0. The number of fused-ring (bicyclic) bond motifs is 1. The predicted molar refractivity (Wildman–Crippen MR) is 128 cm³/mol. The Hall–Kier alpha value is -1.57. The molecule has 1 aliphatic heterocycles. The summed E-state index contributed by atoms with van der Waals surface area (Å²) < 4.78 is 20.1.